The van der Waals surface area contributed by atoms with Crippen LogP contribution in [-0.2, 0) is 0 Å². The van der Waals surface area contributed by atoms with E-state index in [-0.39, 0.29) is 0 Å². The van der Waals surface area contributed by atoms with Gasteiger partial charge in [0.25, 0.3) is 0 Å². The van der Waals surface area contributed by atoms with Gasteiger partial charge < -0.3 is 0 Å². The fourth-order valence-corrected chi connectivity index (χ4v) is 2.69. The molecule has 2 nitrogen and oxygen atoms in total. The average Bonchev–Trinajstić information content (AvgIpc) is 2.55. The predicted molar refractivity (Wildman–Crippen MR) is 58.8 cm³/mol. The quantitative estimate of drug-likeness (QED) is 0.555. The number of rotatable bonds is 0. The number of fused-ring (bicyclic) bond motifs is 3. The molecule has 1 aliphatic carbocycles. The summed E-state index contributed by atoms with van der Waals surface area (Å²) in [4.78, 5) is 8.82. The molecule has 0 aromatic carbocycles. The van der Waals surface area contributed by atoms with E-state index >= 15 is 0 Å². The maximum absolute atomic E-state index is 4.65. The van der Waals surface area contributed by atoms with E-state index in [1.165, 1.54) is 30.5 Å². The first kappa shape index (κ1) is 8.16. The van der Waals surface area contributed by atoms with E-state index in [0.29, 0.717) is 5.92 Å². The van der Waals surface area contributed by atoms with Gasteiger partial charge in [-0.25, -0.2) is 0 Å². The van der Waals surface area contributed by atoms with Crippen LogP contribution in [-0.4, -0.2) is 18.5 Å². The Morgan fingerprint density at radius 2 is 2.29 bits per heavy atom. The number of hydrogen-bond acceptors (Lipinski definition) is 2. The number of aliphatic imine (C=N–C) groups is 2. The van der Waals surface area contributed by atoms with Crippen LogP contribution in [0.2, 0.25) is 0 Å². The minimum atomic E-state index is 0.471. The van der Waals surface area contributed by atoms with Crippen LogP contribution in [0.4, 0.5) is 0 Å². The van der Waals surface area contributed by atoms with E-state index in [9.17, 15) is 0 Å². The van der Waals surface area contributed by atoms with Crippen molar-refractivity contribution in [3.05, 3.63) is 23.9 Å². The topological polar surface area (TPSA) is 24.7 Å². The van der Waals surface area contributed by atoms with Crippen LogP contribution in [0.5, 0.6) is 0 Å². The first-order chi connectivity index (χ1) is 6.95. The second-order valence-corrected chi connectivity index (χ2v) is 4.19. The van der Waals surface area contributed by atoms with Gasteiger partial charge in [-0.3, -0.25) is 9.98 Å². The second kappa shape index (κ2) is 3.19. The summed E-state index contributed by atoms with van der Waals surface area (Å²) in [6.45, 7) is 1.04. The number of nitrogens with zero attached hydrogens (tertiary/aromatic N) is 2. The lowest BCUT2D eigenvalue weighted by atomic mass is 9.76. The summed E-state index contributed by atoms with van der Waals surface area (Å²) in [5.41, 5.74) is 2.92. The first-order valence-corrected chi connectivity index (χ1v) is 5.38. The van der Waals surface area contributed by atoms with Crippen molar-refractivity contribution >= 4 is 11.9 Å². The minimum Gasteiger partial charge on any atom is -0.293 e. The molecule has 0 radical (unpaired) electrons. The highest BCUT2D eigenvalue weighted by atomic mass is 14.8. The lowest BCUT2D eigenvalue weighted by Gasteiger charge is -2.27. The van der Waals surface area contributed by atoms with Gasteiger partial charge in [-0.05, 0) is 31.3 Å². The van der Waals surface area contributed by atoms with E-state index < -0.39 is 0 Å². The summed E-state index contributed by atoms with van der Waals surface area (Å²) in [7, 11) is 0. The van der Waals surface area contributed by atoms with Crippen LogP contribution in [0.15, 0.2) is 33.9 Å². The van der Waals surface area contributed by atoms with Gasteiger partial charge in [-0.15, -0.1) is 0 Å². The third-order valence-electron chi connectivity index (χ3n) is 3.43. The molecular formula is C12H14N2. The molecule has 3 aliphatic rings. The molecular weight excluding hydrogens is 172 g/mol. The molecule has 0 aromatic rings. The summed E-state index contributed by atoms with van der Waals surface area (Å²) >= 11 is 0. The molecule has 2 heteroatoms. The molecule has 2 unspecified atom stereocenters. The molecule has 14 heavy (non-hydrogen) atoms. The van der Waals surface area contributed by atoms with Crippen LogP contribution >= 0.6 is 0 Å². The van der Waals surface area contributed by atoms with E-state index in [1.54, 1.807) is 0 Å². The Balaban J connectivity index is 2.00. The maximum atomic E-state index is 4.65. The lowest BCUT2D eigenvalue weighted by Crippen LogP contribution is -2.26. The highest BCUT2D eigenvalue weighted by Gasteiger charge is 2.33. The Kier molecular flexibility index (Phi) is 1.86. The fourth-order valence-electron chi connectivity index (χ4n) is 2.69. The van der Waals surface area contributed by atoms with Gasteiger partial charge in [0.15, 0.2) is 0 Å². The molecule has 0 N–H and O–H groups in total. The maximum Gasteiger partial charge on any atom is 0.0395 e. The smallest absolute Gasteiger partial charge is 0.0395 e. The van der Waals surface area contributed by atoms with E-state index in [1.807, 2.05) is 12.4 Å². The van der Waals surface area contributed by atoms with E-state index in [0.717, 1.165) is 12.5 Å². The largest absolute Gasteiger partial charge is 0.293 e. The molecule has 72 valence electrons. The highest BCUT2D eigenvalue weighted by Crippen LogP contribution is 2.37. The molecule has 1 saturated carbocycles. The van der Waals surface area contributed by atoms with Gasteiger partial charge in [-0.1, -0.05) is 11.6 Å². The van der Waals surface area contributed by atoms with Crippen molar-refractivity contribution in [1.82, 2.24) is 0 Å². The van der Waals surface area contributed by atoms with Crippen LogP contribution in [0.1, 0.15) is 19.3 Å². The van der Waals surface area contributed by atoms with Crippen LogP contribution in [0.3, 0.4) is 0 Å². The summed E-state index contributed by atoms with van der Waals surface area (Å²) in [5.74, 6) is 1.23. The first-order valence-electron chi connectivity index (χ1n) is 5.38. The van der Waals surface area contributed by atoms with Crippen molar-refractivity contribution < 1.29 is 0 Å². The Morgan fingerprint density at radius 3 is 3.29 bits per heavy atom. The SMILES string of the molecule is C1=CC2C(=CC=N1)CCC1CCN=C12. The van der Waals surface area contributed by atoms with E-state index in [2.05, 4.69) is 22.1 Å². The Morgan fingerprint density at radius 1 is 1.29 bits per heavy atom. The van der Waals surface area contributed by atoms with Crippen LogP contribution in [0, 0.1) is 11.8 Å². The molecule has 0 saturated heterocycles. The van der Waals surface area contributed by atoms with Gasteiger partial charge in [-0.2, -0.15) is 0 Å². The highest BCUT2D eigenvalue weighted by molar-refractivity contribution is 5.96. The number of allylic oxidation sites excluding steroid dienone is 3. The Labute approximate surface area is 84.1 Å². The van der Waals surface area contributed by atoms with E-state index in [4.69, 9.17) is 0 Å². The normalized spacial score (nSPS) is 34.3. The molecule has 1 fully saturated rings. The second-order valence-electron chi connectivity index (χ2n) is 4.19. The lowest BCUT2D eigenvalue weighted by molar-refractivity contribution is 0.564. The molecule has 3 rings (SSSR count). The molecule has 0 bridgehead atoms. The Bertz CT molecular complexity index is 361. The number of hydrogen-bond donors (Lipinski definition) is 0. The summed E-state index contributed by atoms with van der Waals surface area (Å²) in [5, 5.41) is 0. The molecule has 0 amide bonds. The zero-order chi connectivity index (χ0) is 9.38. The van der Waals surface area contributed by atoms with Gasteiger partial charge >= 0.3 is 0 Å². The molecule has 0 aromatic heterocycles. The van der Waals surface area contributed by atoms with Gasteiger partial charge in [0.05, 0.1) is 0 Å². The molecule has 2 heterocycles. The summed E-state index contributed by atoms with van der Waals surface area (Å²) < 4.78 is 0. The van der Waals surface area contributed by atoms with Gasteiger partial charge in [0, 0.05) is 30.6 Å². The van der Waals surface area contributed by atoms with Crippen LogP contribution < -0.4 is 0 Å². The van der Waals surface area contributed by atoms with Crippen molar-refractivity contribution in [3.63, 3.8) is 0 Å². The minimum absolute atomic E-state index is 0.471. The van der Waals surface area contributed by atoms with Crippen molar-refractivity contribution in [3.8, 4) is 0 Å². The molecule has 2 atom stereocenters. The average molecular weight is 186 g/mol. The monoisotopic (exact) mass is 186 g/mol. The van der Waals surface area contributed by atoms with Crippen molar-refractivity contribution in [2.45, 2.75) is 19.3 Å². The zero-order valence-corrected chi connectivity index (χ0v) is 8.19. The third-order valence-corrected chi connectivity index (χ3v) is 3.43. The van der Waals surface area contributed by atoms with Crippen molar-refractivity contribution in [2.75, 3.05) is 6.54 Å². The molecule has 2 aliphatic heterocycles. The predicted octanol–water partition coefficient (Wildman–Crippen LogP) is 2.38. The standard InChI is InChI=1S/C12H14N2/c1-2-10-4-8-14-12(10)11-5-7-13-6-3-9(1)11/h3,5-7,10-11H,1-2,4,8H2. The van der Waals surface area contributed by atoms with Crippen molar-refractivity contribution in [2.24, 2.45) is 21.8 Å². The van der Waals surface area contributed by atoms with Crippen molar-refractivity contribution in [1.29, 1.82) is 0 Å². The van der Waals surface area contributed by atoms with Gasteiger partial charge in [0.2, 0.25) is 0 Å². The van der Waals surface area contributed by atoms with Gasteiger partial charge in [0.1, 0.15) is 0 Å². The summed E-state index contributed by atoms with van der Waals surface area (Å²) in [6, 6.07) is 0. The molecule has 0 spiro atoms. The summed E-state index contributed by atoms with van der Waals surface area (Å²) in [6.07, 6.45) is 12.0. The Hall–Kier alpha value is -1.18. The van der Waals surface area contributed by atoms with Crippen LogP contribution in [0.25, 0.3) is 0 Å². The fraction of sp³-hybridized carbons (Fsp3) is 0.500. The third kappa shape index (κ3) is 1.17. The zero-order valence-electron chi connectivity index (χ0n) is 8.19.